The van der Waals surface area contributed by atoms with Gasteiger partial charge < -0.3 is 15.7 Å². The Balaban J connectivity index is 1.54. The minimum Gasteiger partial charge on any atom is -0.478 e. The molecule has 164 valence electrons. The highest BCUT2D eigenvalue weighted by atomic mass is 35.5. The molecule has 3 aromatic carbocycles. The van der Waals surface area contributed by atoms with Crippen LogP contribution in [0.3, 0.4) is 0 Å². The lowest BCUT2D eigenvalue weighted by Gasteiger charge is -2.13. The van der Waals surface area contributed by atoms with Gasteiger partial charge in [0, 0.05) is 16.3 Å². The highest BCUT2D eigenvalue weighted by molar-refractivity contribution is 8.00. The van der Waals surface area contributed by atoms with Gasteiger partial charge in [0.15, 0.2) is 0 Å². The van der Waals surface area contributed by atoms with Crippen molar-refractivity contribution in [3.05, 3.63) is 88.9 Å². The highest BCUT2D eigenvalue weighted by Crippen LogP contribution is 2.26. The van der Waals surface area contributed by atoms with Crippen LogP contribution in [0.15, 0.2) is 77.7 Å². The average molecular weight is 469 g/mol. The summed E-state index contributed by atoms with van der Waals surface area (Å²) in [5.41, 5.74) is 1.90. The van der Waals surface area contributed by atoms with Gasteiger partial charge in [0.2, 0.25) is 11.8 Å². The van der Waals surface area contributed by atoms with Crippen molar-refractivity contribution in [3.63, 3.8) is 0 Å². The Morgan fingerprint density at radius 1 is 0.938 bits per heavy atom. The van der Waals surface area contributed by atoms with Crippen LogP contribution in [0.1, 0.15) is 22.8 Å². The Bertz CT molecular complexity index is 1120. The molecule has 0 aliphatic rings. The molecule has 0 radical (unpaired) electrons. The van der Waals surface area contributed by atoms with Crippen LogP contribution in [-0.4, -0.2) is 28.1 Å². The summed E-state index contributed by atoms with van der Waals surface area (Å²) < 4.78 is 0. The van der Waals surface area contributed by atoms with Crippen LogP contribution in [0.2, 0.25) is 5.02 Å². The second-order valence-electron chi connectivity index (χ2n) is 6.98. The van der Waals surface area contributed by atoms with Crippen molar-refractivity contribution in [2.75, 3.05) is 10.6 Å². The summed E-state index contributed by atoms with van der Waals surface area (Å²) in [5, 5.41) is 14.4. The first-order valence-corrected chi connectivity index (χ1v) is 11.0. The number of carboxylic acids is 1. The van der Waals surface area contributed by atoms with Crippen molar-refractivity contribution in [2.24, 2.45) is 0 Å². The Morgan fingerprint density at radius 2 is 1.59 bits per heavy atom. The van der Waals surface area contributed by atoms with E-state index in [1.54, 1.807) is 25.1 Å². The third-order valence-electron chi connectivity index (χ3n) is 4.49. The van der Waals surface area contributed by atoms with Crippen molar-refractivity contribution >= 4 is 52.5 Å². The number of aromatic carboxylic acids is 1. The van der Waals surface area contributed by atoms with E-state index in [-0.39, 0.29) is 22.4 Å². The number of carbonyl (C=O) groups is 3. The maximum Gasteiger partial charge on any atom is 0.337 e. The Labute approximate surface area is 195 Å². The number of anilines is 2. The van der Waals surface area contributed by atoms with Gasteiger partial charge in [-0.25, -0.2) is 4.79 Å². The maximum absolute atomic E-state index is 12.5. The molecule has 0 aliphatic heterocycles. The maximum atomic E-state index is 12.5. The predicted octanol–water partition coefficient (Wildman–Crippen LogP) is 5.34. The molecule has 0 saturated heterocycles. The molecule has 0 bridgehead atoms. The Kier molecular flexibility index (Phi) is 7.92. The number of benzene rings is 3. The number of halogens is 1. The molecule has 0 saturated carbocycles. The van der Waals surface area contributed by atoms with Crippen LogP contribution >= 0.6 is 23.4 Å². The molecule has 0 aliphatic carbocycles. The number of rotatable bonds is 8. The molecule has 3 aromatic rings. The minimum absolute atomic E-state index is 0.0744. The minimum atomic E-state index is -1.16. The van der Waals surface area contributed by atoms with Crippen molar-refractivity contribution in [1.29, 1.82) is 0 Å². The molecule has 2 amide bonds. The van der Waals surface area contributed by atoms with E-state index in [1.807, 2.05) is 42.5 Å². The van der Waals surface area contributed by atoms with Crippen LogP contribution in [-0.2, 0) is 16.0 Å². The summed E-state index contributed by atoms with van der Waals surface area (Å²) in [6, 6.07) is 21.0. The van der Waals surface area contributed by atoms with Crippen LogP contribution in [0.4, 0.5) is 11.4 Å². The first-order valence-electron chi connectivity index (χ1n) is 9.76. The van der Waals surface area contributed by atoms with Crippen molar-refractivity contribution < 1.29 is 19.5 Å². The van der Waals surface area contributed by atoms with Gasteiger partial charge in [0.25, 0.3) is 0 Å². The average Bonchev–Trinajstić information content (AvgIpc) is 2.76. The summed E-state index contributed by atoms with van der Waals surface area (Å²) in [6.07, 6.45) is 0.294. The van der Waals surface area contributed by atoms with Gasteiger partial charge in [0.05, 0.1) is 22.3 Å². The van der Waals surface area contributed by atoms with E-state index in [9.17, 15) is 14.4 Å². The predicted molar refractivity (Wildman–Crippen MR) is 128 cm³/mol. The zero-order valence-corrected chi connectivity index (χ0v) is 18.7. The summed E-state index contributed by atoms with van der Waals surface area (Å²) in [4.78, 5) is 36.7. The van der Waals surface area contributed by atoms with Gasteiger partial charge in [-0.1, -0.05) is 41.9 Å². The van der Waals surface area contributed by atoms with Gasteiger partial charge in [0.1, 0.15) is 0 Å². The van der Waals surface area contributed by atoms with Crippen molar-refractivity contribution in [2.45, 2.75) is 23.5 Å². The third-order valence-corrected chi connectivity index (χ3v) is 5.93. The molecule has 8 heteroatoms. The number of carbonyl (C=O) groups excluding carboxylic acids is 2. The van der Waals surface area contributed by atoms with Crippen LogP contribution in [0, 0.1) is 0 Å². The zero-order valence-electron chi connectivity index (χ0n) is 17.2. The fourth-order valence-electron chi connectivity index (χ4n) is 2.87. The summed E-state index contributed by atoms with van der Waals surface area (Å²) >= 11 is 7.21. The van der Waals surface area contributed by atoms with Gasteiger partial charge in [-0.15, -0.1) is 11.8 Å². The second kappa shape index (κ2) is 10.8. The molecule has 32 heavy (non-hydrogen) atoms. The van der Waals surface area contributed by atoms with E-state index in [2.05, 4.69) is 10.6 Å². The monoisotopic (exact) mass is 468 g/mol. The Morgan fingerprint density at radius 3 is 2.25 bits per heavy atom. The fourth-order valence-corrected chi connectivity index (χ4v) is 3.94. The quantitative estimate of drug-likeness (QED) is 0.388. The fraction of sp³-hybridized carbons (Fsp3) is 0.125. The Hall–Kier alpha value is -3.29. The molecule has 0 aromatic heterocycles. The van der Waals surface area contributed by atoms with Crippen LogP contribution in [0.5, 0.6) is 0 Å². The van der Waals surface area contributed by atoms with Crippen LogP contribution < -0.4 is 10.6 Å². The lowest BCUT2D eigenvalue weighted by molar-refractivity contribution is -0.116. The SMILES string of the molecule is CC(Sc1ccc(NC(=O)Cc2ccccc2)cc1)C(=O)Nc1ccc(Cl)c(C(=O)O)c1. The molecule has 0 fully saturated rings. The molecule has 1 atom stereocenters. The van der Waals surface area contributed by atoms with E-state index in [1.165, 1.54) is 23.9 Å². The summed E-state index contributed by atoms with van der Waals surface area (Å²) in [6.45, 7) is 1.75. The van der Waals surface area contributed by atoms with E-state index in [0.29, 0.717) is 17.8 Å². The van der Waals surface area contributed by atoms with Gasteiger partial charge in [-0.3, -0.25) is 9.59 Å². The standard InChI is InChI=1S/C24H21ClN2O4S/c1-15(23(29)27-18-9-12-21(25)20(14-18)24(30)31)32-19-10-7-17(8-11-19)26-22(28)13-16-5-3-2-4-6-16/h2-12,14-15H,13H2,1H3,(H,26,28)(H,27,29)(H,30,31). The second-order valence-corrected chi connectivity index (χ2v) is 8.81. The number of hydrogen-bond donors (Lipinski definition) is 3. The molecule has 0 heterocycles. The largest absolute Gasteiger partial charge is 0.478 e. The molecule has 0 spiro atoms. The zero-order chi connectivity index (χ0) is 23.1. The van der Waals surface area contributed by atoms with Crippen molar-refractivity contribution in [1.82, 2.24) is 0 Å². The number of nitrogens with one attached hydrogen (secondary N) is 2. The number of thioether (sulfide) groups is 1. The van der Waals surface area contributed by atoms with Gasteiger partial charge >= 0.3 is 5.97 Å². The molecule has 3 N–H and O–H groups in total. The summed E-state index contributed by atoms with van der Waals surface area (Å²) in [5.74, 6) is -1.54. The molecule has 1 unspecified atom stereocenters. The lowest BCUT2D eigenvalue weighted by atomic mass is 10.1. The number of carboxylic acid groups (broad SMARTS) is 1. The van der Waals surface area contributed by atoms with Gasteiger partial charge in [-0.2, -0.15) is 0 Å². The van der Waals surface area contributed by atoms with E-state index in [4.69, 9.17) is 16.7 Å². The molecule has 3 rings (SSSR count). The lowest BCUT2D eigenvalue weighted by Crippen LogP contribution is -2.22. The van der Waals surface area contributed by atoms with Crippen LogP contribution in [0.25, 0.3) is 0 Å². The number of hydrogen-bond acceptors (Lipinski definition) is 4. The third kappa shape index (κ3) is 6.60. The molecular formula is C24H21ClN2O4S. The van der Waals surface area contributed by atoms with E-state index >= 15 is 0 Å². The first kappa shape index (κ1) is 23.4. The van der Waals surface area contributed by atoms with Crippen molar-refractivity contribution in [3.8, 4) is 0 Å². The van der Waals surface area contributed by atoms with Gasteiger partial charge in [-0.05, 0) is 55.0 Å². The number of amides is 2. The first-order chi connectivity index (χ1) is 15.3. The molecular weight excluding hydrogens is 448 g/mol. The topological polar surface area (TPSA) is 95.5 Å². The normalized spacial score (nSPS) is 11.4. The highest BCUT2D eigenvalue weighted by Gasteiger charge is 2.16. The smallest absolute Gasteiger partial charge is 0.337 e. The summed E-state index contributed by atoms with van der Waals surface area (Å²) in [7, 11) is 0. The van der Waals surface area contributed by atoms with E-state index < -0.39 is 11.2 Å². The molecule has 6 nitrogen and oxygen atoms in total. The van der Waals surface area contributed by atoms with E-state index in [0.717, 1.165) is 10.5 Å².